The smallest absolute Gasteiger partial charge is 0.251 e. The molecule has 1 aliphatic heterocycles. The van der Waals surface area contributed by atoms with E-state index in [-0.39, 0.29) is 12.7 Å². The van der Waals surface area contributed by atoms with Crippen LogP contribution in [0.15, 0.2) is 18.2 Å². The van der Waals surface area contributed by atoms with Crippen molar-refractivity contribution in [3.8, 4) is 11.5 Å². The monoisotopic (exact) mass is 236 g/mol. The van der Waals surface area contributed by atoms with E-state index in [1.165, 1.54) is 0 Å². The van der Waals surface area contributed by atoms with Crippen molar-refractivity contribution < 1.29 is 14.3 Å². The van der Waals surface area contributed by atoms with Gasteiger partial charge in [-0.1, -0.05) is 0 Å². The molecular formula is C12H16N2O3. The van der Waals surface area contributed by atoms with Gasteiger partial charge in [0.2, 0.25) is 6.79 Å². The van der Waals surface area contributed by atoms with Crippen LogP contribution < -0.4 is 14.8 Å². The molecule has 0 saturated heterocycles. The molecule has 1 heterocycles. The van der Waals surface area contributed by atoms with Crippen LogP contribution in [0.2, 0.25) is 0 Å². The Labute approximate surface area is 100 Å². The SMILES string of the molecule is CN(C)CCNC(=O)c1ccc2c(c1)OCO2. The summed E-state index contributed by atoms with van der Waals surface area (Å²) in [5.74, 6) is 1.23. The van der Waals surface area contributed by atoms with Gasteiger partial charge in [0, 0.05) is 18.7 Å². The molecule has 17 heavy (non-hydrogen) atoms. The van der Waals surface area contributed by atoms with E-state index in [0.717, 1.165) is 6.54 Å². The van der Waals surface area contributed by atoms with Gasteiger partial charge in [0.25, 0.3) is 5.91 Å². The van der Waals surface area contributed by atoms with Crippen LogP contribution >= 0.6 is 0 Å². The molecule has 1 amide bonds. The van der Waals surface area contributed by atoms with Crippen LogP contribution in [0.25, 0.3) is 0 Å². The van der Waals surface area contributed by atoms with Crippen molar-refractivity contribution in [2.24, 2.45) is 0 Å². The van der Waals surface area contributed by atoms with Crippen molar-refractivity contribution in [1.29, 1.82) is 0 Å². The summed E-state index contributed by atoms with van der Waals surface area (Å²) in [6, 6.07) is 5.19. The average Bonchev–Trinajstić information content (AvgIpc) is 2.75. The van der Waals surface area contributed by atoms with E-state index in [1.54, 1.807) is 18.2 Å². The number of carbonyl (C=O) groups excluding carboxylic acids is 1. The summed E-state index contributed by atoms with van der Waals surface area (Å²) >= 11 is 0. The van der Waals surface area contributed by atoms with Gasteiger partial charge in [-0.05, 0) is 32.3 Å². The zero-order valence-electron chi connectivity index (χ0n) is 10.0. The van der Waals surface area contributed by atoms with Crippen molar-refractivity contribution in [3.63, 3.8) is 0 Å². The van der Waals surface area contributed by atoms with Crippen molar-refractivity contribution in [1.82, 2.24) is 10.2 Å². The lowest BCUT2D eigenvalue weighted by Gasteiger charge is -2.10. The molecule has 1 aliphatic rings. The highest BCUT2D eigenvalue weighted by atomic mass is 16.7. The minimum Gasteiger partial charge on any atom is -0.454 e. The molecule has 0 radical (unpaired) electrons. The number of hydrogen-bond donors (Lipinski definition) is 1. The number of benzene rings is 1. The van der Waals surface area contributed by atoms with Crippen LogP contribution in [0, 0.1) is 0 Å². The summed E-state index contributed by atoms with van der Waals surface area (Å²) in [5.41, 5.74) is 0.591. The first-order chi connectivity index (χ1) is 8.16. The summed E-state index contributed by atoms with van der Waals surface area (Å²) in [4.78, 5) is 13.8. The predicted molar refractivity (Wildman–Crippen MR) is 63.5 cm³/mol. The summed E-state index contributed by atoms with van der Waals surface area (Å²) in [6.07, 6.45) is 0. The summed E-state index contributed by atoms with van der Waals surface area (Å²) in [6.45, 7) is 1.66. The average molecular weight is 236 g/mol. The molecule has 0 aromatic heterocycles. The Bertz CT molecular complexity index is 418. The lowest BCUT2D eigenvalue weighted by Crippen LogP contribution is -2.31. The number of amides is 1. The van der Waals surface area contributed by atoms with Crippen LogP contribution in [-0.4, -0.2) is 44.8 Å². The van der Waals surface area contributed by atoms with E-state index in [0.29, 0.717) is 23.6 Å². The third-order valence-corrected chi connectivity index (χ3v) is 2.48. The van der Waals surface area contributed by atoms with Crippen molar-refractivity contribution in [2.75, 3.05) is 34.0 Å². The van der Waals surface area contributed by atoms with Gasteiger partial charge in [-0.2, -0.15) is 0 Å². The van der Waals surface area contributed by atoms with E-state index in [4.69, 9.17) is 9.47 Å². The molecular weight excluding hydrogens is 220 g/mol. The van der Waals surface area contributed by atoms with Gasteiger partial charge in [-0.3, -0.25) is 4.79 Å². The first kappa shape index (κ1) is 11.7. The van der Waals surface area contributed by atoms with Gasteiger partial charge in [0.05, 0.1) is 0 Å². The fraction of sp³-hybridized carbons (Fsp3) is 0.417. The topological polar surface area (TPSA) is 50.8 Å². The molecule has 92 valence electrons. The van der Waals surface area contributed by atoms with E-state index >= 15 is 0 Å². The largest absolute Gasteiger partial charge is 0.454 e. The lowest BCUT2D eigenvalue weighted by atomic mass is 10.2. The standard InChI is InChI=1S/C12H16N2O3/c1-14(2)6-5-13-12(15)9-3-4-10-11(7-9)17-8-16-10/h3-4,7H,5-6,8H2,1-2H3,(H,13,15). The predicted octanol–water partition coefficient (Wildman–Crippen LogP) is 0.707. The highest BCUT2D eigenvalue weighted by molar-refractivity contribution is 5.94. The number of likely N-dealkylation sites (N-methyl/N-ethyl adjacent to an activating group) is 1. The first-order valence-electron chi connectivity index (χ1n) is 5.49. The lowest BCUT2D eigenvalue weighted by molar-refractivity contribution is 0.0950. The zero-order chi connectivity index (χ0) is 12.3. The second-order valence-corrected chi connectivity index (χ2v) is 4.13. The Balaban J connectivity index is 1.95. The second kappa shape index (κ2) is 5.05. The summed E-state index contributed by atoms with van der Waals surface area (Å²) in [5, 5.41) is 2.84. The molecule has 5 nitrogen and oxygen atoms in total. The summed E-state index contributed by atoms with van der Waals surface area (Å²) in [7, 11) is 3.93. The Hall–Kier alpha value is -1.75. The van der Waals surface area contributed by atoms with Gasteiger partial charge in [-0.15, -0.1) is 0 Å². The normalized spacial score (nSPS) is 12.9. The number of hydrogen-bond acceptors (Lipinski definition) is 4. The molecule has 2 rings (SSSR count). The quantitative estimate of drug-likeness (QED) is 0.836. The Morgan fingerprint density at radius 2 is 2.12 bits per heavy atom. The van der Waals surface area contributed by atoms with Crippen molar-refractivity contribution in [3.05, 3.63) is 23.8 Å². The number of rotatable bonds is 4. The van der Waals surface area contributed by atoms with Crippen LogP contribution in [0.5, 0.6) is 11.5 Å². The fourth-order valence-electron chi connectivity index (χ4n) is 1.53. The van der Waals surface area contributed by atoms with E-state index in [2.05, 4.69) is 5.32 Å². The molecule has 1 N–H and O–H groups in total. The molecule has 5 heteroatoms. The summed E-state index contributed by atoms with van der Waals surface area (Å²) < 4.78 is 10.4. The number of nitrogens with zero attached hydrogens (tertiary/aromatic N) is 1. The van der Waals surface area contributed by atoms with E-state index in [1.807, 2.05) is 19.0 Å². The molecule has 0 bridgehead atoms. The highest BCUT2D eigenvalue weighted by Crippen LogP contribution is 2.32. The maximum Gasteiger partial charge on any atom is 0.251 e. The third-order valence-electron chi connectivity index (χ3n) is 2.48. The van der Waals surface area contributed by atoms with Gasteiger partial charge < -0.3 is 19.7 Å². The first-order valence-corrected chi connectivity index (χ1v) is 5.49. The Morgan fingerprint density at radius 1 is 1.35 bits per heavy atom. The molecule has 0 aliphatic carbocycles. The molecule has 0 fully saturated rings. The highest BCUT2D eigenvalue weighted by Gasteiger charge is 2.15. The molecule has 0 saturated carbocycles. The number of fused-ring (bicyclic) bond motifs is 1. The van der Waals surface area contributed by atoms with Gasteiger partial charge in [-0.25, -0.2) is 0 Å². The van der Waals surface area contributed by atoms with E-state index < -0.39 is 0 Å². The molecule has 0 unspecified atom stereocenters. The minimum absolute atomic E-state index is 0.0925. The van der Waals surface area contributed by atoms with Crippen LogP contribution in [0.3, 0.4) is 0 Å². The Morgan fingerprint density at radius 3 is 2.88 bits per heavy atom. The minimum atomic E-state index is -0.0925. The number of ether oxygens (including phenoxy) is 2. The number of nitrogens with one attached hydrogen (secondary N) is 1. The van der Waals surface area contributed by atoms with Crippen molar-refractivity contribution in [2.45, 2.75) is 0 Å². The van der Waals surface area contributed by atoms with E-state index in [9.17, 15) is 4.79 Å². The van der Waals surface area contributed by atoms with Gasteiger partial charge >= 0.3 is 0 Å². The van der Waals surface area contributed by atoms with Crippen LogP contribution in [-0.2, 0) is 0 Å². The molecule has 1 aromatic rings. The molecule has 0 atom stereocenters. The third kappa shape index (κ3) is 2.88. The fourth-order valence-corrected chi connectivity index (χ4v) is 1.53. The number of carbonyl (C=O) groups is 1. The second-order valence-electron chi connectivity index (χ2n) is 4.13. The zero-order valence-corrected chi connectivity index (χ0v) is 10.0. The van der Waals surface area contributed by atoms with Crippen LogP contribution in [0.1, 0.15) is 10.4 Å². The Kier molecular flexibility index (Phi) is 3.49. The molecule has 0 spiro atoms. The van der Waals surface area contributed by atoms with Crippen LogP contribution in [0.4, 0.5) is 0 Å². The maximum absolute atomic E-state index is 11.8. The van der Waals surface area contributed by atoms with Crippen molar-refractivity contribution >= 4 is 5.91 Å². The van der Waals surface area contributed by atoms with Gasteiger partial charge in [0.15, 0.2) is 11.5 Å². The molecule has 1 aromatic carbocycles. The van der Waals surface area contributed by atoms with Gasteiger partial charge in [0.1, 0.15) is 0 Å². The maximum atomic E-state index is 11.8.